The third-order valence-corrected chi connectivity index (χ3v) is 8.44. The molecule has 2 atom stereocenters. The maximum Gasteiger partial charge on any atom is 0.340 e. The van der Waals surface area contributed by atoms with E-state index in [0.717, 1.165) is 47.8 Å². The topological polar surface area (TPSA) is 80.0 Å². The predicted octanol–water partition coefficient (Wildman–Crippen LogP) is 5.30. The molecule has 1 saturated heterocycles. The number of hydrogen-bond acceptors (Lipinski definition) is 5. The summed E-state index contributed by atoms with van der Waals surface area (Å²) in [7, 11) is 0. The Balaban J connectivity index is 1.35. The quantitative estimate of drug-likeness (QED) is 0.478. The maximum absolute atomic E-state index is 13.2. The van der Waals surface area contributed by atoms with Crippen molar-refractivity contribution < 1.29 is 19.1 Å². The van der Waals surface area contributed by atoms with Crippen LogP contribution < -0.4 is 10.4 Å². The SMILES string of the molecule is Cc1cc(C)cc(COc2ccc3c(C)c(CC(=O)N4CCC5(O)CCCCC5C4)c(=O)oc3c2C)c1. The molecule has 1 saturated carbocycles. The number of carbonyl (C=O) groups excluding carboxylic acids is 1. The second-order valence-corrected chi connectivity index (χ2v) is 11.2. The first kappa shape index (κ1) is 25.5. The Labute approximate surface area is 218 Å². The van der Waals surface area contributed by atoms with Crippen molar-refractivity contribution in [3.63, 3.8) is 0 Å². The number of aliphatic hydroxyl groups is 1. The highest BCUT2D eigenvalue weighted by Gasteiger charge is 2.43. The zero-order valence-corrected chi connectivity index (χ0v) is 22.4. The normalized spacial score (nSPS) is 21.6. The number of nitrogens with zero attached hydrogens (tertiary/aromatic N) is 1. The minimum Gasteiger partial charge on any atom is -0.488 e. The van der Waals surface area contributed by atoms with Crippen LogP contribution in [0, 0.1) is 33.6 Å². The number of fused-ring (bicyclic) bond motifs is 2. The molecule has 0 spiro atoms. The van der Waals surface area contributed by atoms with Crippen molar-refractivity contribution in [1.29, 1.82) is 0 Å². The summed E-state index contributed by atoms with van der Waals surface area (Å²) in [5.74, 6) is 0.719. The van der Waals surface area contributed by atoms with Crippen LogP contribution in [0.4, 0.5) is 0 Å². The smallest absolute Gasteiger partial charge is 0.340 e. The fourth-order valence-corrected chi connectivity index (χ4v) is 6.31. The number of ether oxygens (including phenoxy) is 1. The van der Waals surface area contributed by atoms with E-state index < -0.39 is 11.2 Å². The van der Waals surface area contributed by atoms with Crippen molar-refractivity contribution in [3.05, 3.63) is 74.1 Å². The van der Waals surface area contributed by atoms with Gasteiger partial charge in [-0.05, 0) is 70.2 Å². The number of hydrogen-bond donors (Lipinski definition) is 1. The van der Waals surface area contributed by atoms with E-state index in [1.165, 1.54) is 11.1 Å². The second-order valence-electron chi connectivity index (χ2n) is 11.2. The van der Waals surface area contributed by atoms with Crippen LogP contribution in [-0.4, -0.2) is 34.6 Å². The van der Waals surface area contributed by atoms with Gasteiger partial charge in [0.25, 0.3) is 0 Å². The van der Waals surface area contributed by atoms with Gasteiger partial charge in [-0.15, -0.1) is 0 Å². The van der Waals surface area contributed by atoms with E-state index in [1.54, 1.807) is 0 Å². The maximum atomic E-state index is 13.2. The molecule has 0 radical (unpaired) electrons. The number of benzene rings is 2. The number of aryl methyl sites for hydroxylation is 4. The Bertz CT molecular complexity index is 1390. The Hall–Kier alpha value is -3.12. The summed E-state index contributed by atoms with van der Waals surface area (Å²) in [5.41, 5.74) is 4.82. The van der Waals surface area contributed by atoms with Gasteiger partial charge in [0, 0.05) is 30.0 Å². The van der Waals surface area contributed by atoms with Crippen LogP contribution in [0.15, 0.2) is 39.5 Å². The standard InChI is InChI=1S/C31H37NO5/c1-19-13-20(2)15-23(14-19)18-36-27-9-8-25-21(3)26(30(34)37-29(25)22(27)4)16-28(33)32-12-11-31(35)10-6-5-7-24(31)17-32/h8-9,13-15,24,35H,5-7,10-12,16-18H2,1-4H3. The van der Waals surface area contributed by atoms with E-state index in [2.05, 4.69) is 32.0 Å². The van der Waals surface area contributed by atoms with Crippen molar-refractivity contribution in [3.8, 4) is 5.75 Å². The van der Waals surface area contributed by atoms with E-state index in [1.807, 2.05) is 30.9 Å². The molecule has 6 heteroatoms. The largest absolute Gasteiger partial charge is 0.488 e. The Morgan fingerprint density at radius 3 is 2.59 bits per heavy atom. The van der Waals surface area contributed by atoms with Crippen molar-refractivity contribution in [2.24, 2.45) is 5.92 Å². The number of amides is 1. The summed E-state index contributed by atoms with van der Waals surface area (Å²) < 4.78 is 11.9. The summed E-state index contributed by atoms with van der Waals surface area (Å²) in [5, 5.41) is 11.8. The molecule has 2 aliphatic rings. The predicted molar refractivity (Wildman–Crippen MR) is 144 cm³/mol. The van der Waals surface area contributed by atoms with Gasteiger partial charge in [-0.2, -0.15) is 0 Å². The van der Waals surface area contributed by atoms with E-state index in [-0.39, 0.29) is 18.2 Å². The zero-order valence-electron chi connectivity index (χ0n) is 22.4. The molecule has 2 unspecified atom stereocenters. The van der Waals surface area contributed by atoms with E-state index >= 15 is 0 Å². The van der Waals surface area contributed by atoms with Gasteiger partial charge in [0.1, 0.15) is 17.9 Å². The molecule has 6 nitrogen and oxygen atoms in total. The van der Waals surface area contributed by atoms with Crippen LogP contribution in [0.3, 0.4) is 0 Å². The second kappa shape index (κ2) is 9.97. The van der Waals surface area contributed by atoms with Gasteiger partial charge in [-0.1, -0.05) is 42.2 Å². The third-order valence-electron chi connectivity index (χ3n) is 8.44. The van der Waals surface area contributed by atoms with Gasteiger partial charge >= 0.3 is 5.63 Å². The first-order chi connectivity index (χ1) is 17.6. The summed E-state index contributed by atoms with van der Waals surface area (Å²) in [6.07, 6.45) is 4.54. The molecule has 3 aromatic rings. The van der Waals surface area contributed by atoms with E-state index in [9.17, 15) is 14.7 Å². The average molecular weight is 504 g/mol. The monoisotopic (exact) mass is 503 g/mol. The highest BCUT2D eigenvalue weighted by Crippen LogP contribution is 2.40. The summed E-state index contributed by atoms with van der Waals surface area (Å²) >= 11 is 0. The van der Waals surface area contributed by atoms with Gasteiger partial charge in [-0.25, -0.2) is 4.79 Å². The van der Waals surface area contributed by atoms with Gasteiger partial charge in [0.05, 0.1) is 17.6 Å². The minimum atomic E-state index is -0.637. The highest BCUT2D eigenvalue weighted by molar-refractivity contribution is 5.87. The lowest BCUT2D eigenvalue weighted by atomic mass is 9.71. The summed E-state index contributed by atoms with van der Waals surface area (Å²) in [6, 6.07) is 10.2. The molecule has 5 rings (SSSR count). The van der Waals surface area contributed by atoms with Crippen LogP contribution >= 0.6 is 0 Å². The Kier molecular flexibility index (Phi) is 6.88. The molecule has 1 aromatic heterocycles. The Morgan fingerprint density at radius 1 is 1.08 bits per heavy atom. The molecule has 1 amide bonds. The lowest BCUT2D eigenvalue weighted by molar-refractivity contribution is -0.142. The molecule has 2 aromatic carbocycles. The van der Waals surface area contributed by atoms with Crippen LogP contribution in [0.5, 0.6) is 5.75 Å². The fourth-order valence-electron chi connectivity index (χ4n) is 6.31. The van der Waals surface area contributed by atoms with Crippen LogP contribution in [-0.2, 0) is 17.8 Å². The Morgan fingerprint density at radius 2 is 1.84 bits per heavy atom. The summed E-state index contributed by atoms with van der Waals surface area (Å²) in [6.45, 7) is 9.43. The first-order valence-corrected chi connectivity index (χ1v) is 13.4. The van der Waals surface area contributed by atoms with Gasteiger partial charge in [-0.3, -0.25) is 4.79 Å². The van der Waals surface area contributed by atoms with Crippen molar-refractivity contribution >= 4 is 16.9 Å². The van der Waals surface area contributed by atoms with Crippen LogP contribution in [0.25, 0.3) is 11.0 Å². The number of likely N-dealkylation sites (tertiary alicyclic amines) is 1. The third kappa shape index (κ3) is 5.04. The molecule has 2 fully saturated rings. The van der Waals surface area contributed by atoms with Gasteiger partial charge in [0.2, 0.25) is 5.91 Å². The van der Waals surface area contributed by atoms with Crippen molar-refractivity contribution in [1.82, 2.24) is 4.90 Å². The molecule has 37 heavy (non-hydrogen) atoms. The lowest BCUT2D eigenvalue weighted by Crippen LogP contribution is -2.55. The number of rotatable bonds is 5. The molecule has 0 bridgehead atoms. The van der Waals surface area contributed by atoms with Gasteiger partial charge < -0.3 is 19.2 Å². The highest BCUT2D eigenvalue weighted by atomic mass is 16.5. The minimum absolute atomic E-state index is 0.0132. The summed E-state index contributed by atoms with van der Waals surface area (Å²) in [4.78, 5) is 28.1. The molecule has 1 aliphatic carbocycles. The van der Waals surface area contributed by atoms with Crippen molar-refractivity contribution in [2.45, 2.75) is 78.4 Å². The number of piperidine rings is 1. The van der Waals surface area contributed by atoms with Crippen molar-refractivity contribution in [2.75, 3.05) is 13.1 Å². The first-order valence-electron chi connectivity index (χ1n) is 13.4. The molecular weight excluding hydrogens is 466 g/mol. The van der Waals surface area contributed by atoms with Gasteiger partial charge in [0.15, 0.2) is 0 Å². The lowest BCUT2D eigenvalue weighted by Gasteiger charge is -2.47. The molecule has 1 N–H and O–H groups in total. The zero-order chi connectivity index (χ0) is 26.3. The molecule has 2 heterocycles. The van der Waals surface area contributed by atoms with Crippen LogP contribution in [0.2, 0.25) is 0 Å². The molecular formula is C31H37NO5. The molecule has 1 aliphatic heterocycles. The number of carbonyl (C=O) groups is 1. The molecule has 196 valence electrons. The average Bonchev–Trinajstić information content (AvgIpc) is 2.85. The van der Waals surface area contributed by atoms with E-state index in [0.29, 0.717) is 43.0 Å². The van der Waals surface area contributed by atoms with Crippen LogP contribution in [0.1, 0.15) is 65.5 Å². The fraction of sp³-hybridized carbons (Fsp3) is 0.484. The van der Waals surface area contributed by atoms with E-state index in [4.69, 9.17) is 9.15 Å².